The molecule has 23 heavy (non-hydrogen) atoms. The Hall–Kier alpha value is -2.84. The third kappa shape index (κ3) is 2.43. The molecule has 3 aromatic rings. The van der Waals surface area contributed by atoms with Crippen LogP contribution in [0.1, 0.15) is 23.0 Å². The van der Waals surface area contributed by atoms with E-state index in [0.29, 0.717) is 5.52 Å². The number of aromatic nitrogens is 3. The number of hydrogen-bond acceptors (Lipinski definition) is 5. The Morgan fingerprint density at radius 1 is 1.39 bits per heavy atom. The van der Waals surface area contributed by atoms with E-state index in [0.717, 1.165) is 12.1 Å². The Balaban J connectivity index is 2.27. The number of nitrogens with two attached hydrogens (primary N) is 1. The van der Waals surface area contributed by atoms with E-state index in [2.05, 4.69) is 9.97 Å². The first-order valence-electron chi connectivity index (χ1n) is 6.63. The van der Waals surface area contributed by atoms with Crippen LogP contribution >= 0.6 is 0 Å². The predicted octanol–water partition coefficient (Wildman–Crippen LogP) is 2.66. The number of alkyl halides is 3. The van der Waals surface area contributed by atoms with Crippen molar-refractivity contribution >= 4 is 28.3 Å². The molecule has 2 aromatic heterocycles. The third-order valence-corrected chi connectivity index (χ3v) is 3.28. The van der Waals surface area contributed by atoms with Crippen molar-refractivity contribution in [3.05, 3.63) is 35.8 Å². The number of ether oxygens (including phenoxy) is 1. The number of carbonyl (C=O) groups excluding carboxylic acids is 1. The van der Waals surface area contributed by atoms with Gasteiger partial charge >= 0.3 is 12.1 Å². The molecule has 6 nitrogen and oxygen atoms in total. The zero-order valence-electron chi connectivity index (χ0n) is 11.9. The molecule has 0 aliphatic heterocycles. The molecular weight excluding hydrogens is 313 g/mol. The maximum atomic E-state index is 12.8. The molecule has 9 heteroatoms. The number of fused-ring (bicyclic) bond motifs is 3. The summed E-state index contributed by atoms with van der Waals surface area (Å²) in [6, 6.07) is 3.09. The van der Waals surface area contributed by atoms with Crippen LogP contribution in [-0.4, -0.2) is 26.9 Å². The smallest absolute Gasteiger partial charge is 0.416 e. The van der Waals surface area contributed by atoms with Crippen LogP contribution < -0.4 is 5.73 Å². The van der Waals surface area contributed by atoms with Gasteiger partial charge in [-0.2, -0.15) is 13.2 Å². The average Bonchev–Trinajstić information content (AvgIpc) is 2.92. The van der Waals surface area contributed by atoms with Crippen molar-refractivity contribution in [2.24, 2.45) is 0 Å². The summed E-state index contributed by atoms with van der Waals surface area (Å²) in [5.41, 5.74) is 5.55. The second-order valence-electron chi connectivity index (χ2n) is 4.73. The molecule has 0 saturated carbocycles. The molecule has 0 amide bonds. The Labute approximate surface area is 127 Å². The van der Waals surface area contributed by atoms with Gasteiger partial charge in [0, 0.05) is 0 Å². The number of esters is 1. The fourth-order valence-electron chi connectivity index (χ4n) is 2.30. The van der Waals surface area contributed by atoms with Crippen LogP contribution in [0.2, 0.25) is 0 Å². The molecule has 2 heterocycles. The van der Waals surface area contributed by atoms with Gasteiger partial charge in [0.25, 0.3) is 0 Å². The highest BCUT2D eigenvalue weighted by molar-refractivity contribution is 6.00. The van der Waals surface area contributed by atoms with Crippen molar-refractivity contribution < 1.29 is 22.7 Å². The second kappa shape index (κ2) is 5.11. The fraction of sp³-hybridized carbons (Fsp3) is 0.214. The van der Waals surface area contributed by atoms with E-state index in [9.17, 15) is 18.0 Å². The lowest BCUT2D eigenvalue weighted by Crippen LogP contribution is -2.08. The molecule has 0 saturated heterocycles. The molecule has 0 aliphatic rings. The lowest BCUT2D eigenvalue weighted by molar-refractivity contribution is -0.137. The van der Waals surface area contributed by atoms with Crippen LogP contribution in [0.25, 0.3) is 16.6 Å². The molecule has 0 radical (unpaired) electrons. The van der Waals surface area contributed by atoms with Crippen LogP contribution in [-0.2, 0) is 10.9 Å². The highest BCUT2D eigenvalue weighted by atomic mass is 19.4. The van der Waals surface area contributed by atoms with Crippen molar-refractivity contribution in [1.29, 1.82) is 0 Å². The van der Waals surface area contributed by atoms with Crippen molar-refractivity contribution in [3.63, 3.8) is 0 Å². The minimum Gasteiger partial charge on any atom is -0.461 e. The summed E-state index contributed by atoms with van der Waals surface area (Å²) >= 11 is 0. The third-order valence-electron chi connectivity index (χ3n) is 3.28. The number of rotatable bonds is 2. The van der Waals surface area contributed by atoms with Gasteiger partial charge in [-0.05, 0) is 25.1 Å². The fourth-order valence-corrected chi connectivity index (χ4v) is 2.30. The Morgan fingerprint density at radius 2 is 2.13 bits per heavy atom. The average molecular weight is 324 g/mol. The Kier molecular flexibility index (Phi) is 3.35. The van der Waals surface area contributed by atoms with Gasteiger partial charge in [-0.15, -0.1) is 0 Å². The second-order valence-corrected chi connectivity index (χ2v) is 4.73. The lowest BCUT2D eigenvalue weighted by Gasteiger charge is -2.09. The van der Waals surface area contributed by atoms with E-state index in [1.54, 1.807) is 6.92 Å². The molecule has 0 unspecified atom stereocenters. The SMILES string of the molecule is CCOC(=O)c1ncn2c1c(N)nc1cc(C(F)(F)F)ccc12. The summed E-state index contributed by atoms with van der Waals surface area (Å²) in [5, 5.41) is 0. The van der Waals surface area contributed by atoms with Crippen LogP contribution in [0.15, 0.2) is 24.5 Å². The zero-order chi connectivity index (χ0) is 16.8. The molecule has 3 rings (SSSR count). The van der Waals surface area contributed by atoms with Gasteiger partial charge in [0.15, 0.2) is 11.5 Å². The van der Waals surface area contributed by atoms with Crippen LogP contribution in [0.5, 0.6) is 0 Å². The van der Waals surface area contributed by atoms with E-state index in [4.69, 9.17) is 10.5 Å². The summed E-state index contributed by atoms with van der Waals surface area (Å²) in [7, 11) is 0. The van der Waals surface area contributed by atoms with Crippen LogP contribution in [0, 0.1) is 0 Å². The van der Waals surface area contributed by atoms with Gasteiger partial charge in [-0.25, -0.2) is 14.8 Å². The van der Waals surface area contributed by atoms with Gasteiger partial charge in [0.1, 0.15) is 11.8 Å². The van der Waals surface area contributed by atoms with Gasteiger partial charge in [0.2, 0.25) is 0 Å². The Bertz CT molecular complexity index is 918. The van der Waals surface area contributed by atoms with Crippen molar-refractivity contribution in [2.75, 3.05) is 12.3 Å². The molecule has 120 valence electrons. The van der Waals surface area contributed by atoms with Gasteiger partial charge in [0.05, 0.1) is 23.2 Å². The highest BCUT2D eigenvalue weighted by Crippen LogP contribution is 2.32. The first-order chi connectivity index (χ1) is 10.8. The number of carbonyl (C=O) groups is 1. The van der Waals surface area contributed by atoms with Crippen LogP contribution in [0.3, 0.4) is 0 Å². The highest BCUT2D eigenvalue weighted by Gasteiger charge is 2.31. The number of nitrogen functional groups attached to an aromatic ring is 1. The van der Waals surface area contributed by atoms with Crippen molar-refractivity contribution in [1.82, 2.24) is 14.4 Å². The number of nitrogens with zero attached hydrogens (tertiary/aromatic N) is 3. The zero-order valence-corrected chi connectivity index (χ0v) is 11.9. The maximum absolute atomic E-state index is 12.8. The minimum absolute atomic E-state index is 0.0290. The molecular formula is C14H11F3N4O2. The topological polar surface area (TPSA) is 82.5 Å². The molecule has 2 N–H and O–H groups in total. The summed E-state index contributed by atoms with van der Waals surface area (Å²) in [6.07, 6.45) is -3.18. The normalized spacial score (nSPS) is 12.0. The predicted molar refractivity (Wildman–Crippen MR) is 75.9 cm³/mol. The molecule has 0 spiro atoms. The minimum atomic E-state index is -4.48. The standard InChI is InChI=1S/C14H11F3N4O2/c1-2-23-13(22)10-11-12(18)20-8-5-7(14(15,16)17)3-4-9(8)21(11)6-19-10/h3-6H,2H2,1H3,(H2,18,20). The van der Waals surface area contributed by atoms with E-state index >= 15 is 0 Å². The van der Waals surface area contributed by atoms with E-state index in [-0.39, 0.29) is 29.2 Å². The molecule has 0 fully saturated rings. The number of hydrogen-bond donors (Lipinski definition) is 1. The van der Waals surface area contributed by atoms with E-state index in [1.807, 2.05) is 0 Å². The summed E-state index contributed by atoms with van der Waals surface area (Å²) in [4.78, 5) is 19.8. The van der Waals surface area contributed by atoms with Gasteiger partial charge in [-0.3, -0.25) is 4.40 Å². The summed E-state index contributed by atoms with van der Waals surface area (Å²) < 4.78 is 44.7. The molecule has 0 atom stereocenters. The monoisotopic (exact) mass is 324 g/mol. The first kappa shape index (κ1) is 15.1. The number of imidazole rings is 1. The van der Waals surface area contributed by atoms with Gasteiger partial charge < -0.3 is 10.5 Å². The Morgan fingerprint density at radius 3 is 2.78 bits per heavy atom. The molecule has 0 aliphatic carbocycles. The summed E-state index contributed by atoms with van der Waals surface area (Å²) in [6.45, 7) is 1.81. The number of anilines is 1. The van der Waals surface area contributed by atoms with E-state index < -0.39 is 17.7 Å². The van der Waals surface area contributed by atoms with Crippen LogP contribution in [0.4, 0.5) is 19.0 Å². The quantitative estimate of drug-likeness (QED) is 0.733. The number of benzene rings is 1. The van der Waals surface area contributed by atoms with Crippen molar-refractivity contribution in [3.8, 4) is 0 Å². The largest absolute Gasteiger partial charge is 0.461 e. The number of halogens is 3. The first-order valence-corrected chi connectivity index (χ1v) is 6.63. The lowest BCUT2D eigenvalue weighted by atomic mass is 10.2. The summed E-state index contributed by atoms with van der Waals surface area (Å²) in [5.74, 6) is -0.771. The molecule has 1 aromatic carbocycles. The molecule has 0 bridgehead atoms. The maximum Gasteiger partial charge on any atom is 0.416 e. The van der Waals surface area contributed by atoms with E-state index in [1.165, 1.54) is 16.8 Å². The van der Waals surface area contributed by atoms with Crippen molar-refractivity contribution in [2.45, 2.75) is 13.1 Å². The van der Waals surface area contributed by atoms with Gasteiger partial charge in [-0.1, -0.05) is 0 Å².